The van der Waals surface area contributed by atoms with Crippen molar-refractivity contribution in [1.82, 2.24) is 19.7 Å². The predicted molar refractivity (Wildman–Crippen MR) is 109 cm³/mol. The molecule has 8 nitrogen and oxygen atoms in total. The lowest BCUT2D eigenvalue weighted by atomic mass is 10.1. The second-order valence-electron chi connectivity index (χ2n) is 7.42. The number of carboxylic acids is 1. The summed E-state index contributed by atoms with van der Waals surface area (Å²) in [6.45, 7) is 9.59. The van der Waals surface area contributed by atoms with Gasteiger partial charge in [0.1, 0.15) is 18.1 Å². The summed E-state index contributed by atoms with van der Waals surface area (Å²) in [5.41, 5.74) is 2.38. The van der Waals surface area contributed by atoms with Crippen molar-refractivity contribution in [2.75, 3.05) is 13.1 Å². The fraction of sp³-hybridized carbons (Fsp3) is 0.429. The first-order valence-corrected chi connectivity index (χ1v) is 9.69. The van der Waals surface area contributed by atoms with Crippen molar-refractivity contribution in [1.29, 1.82) is 0 Å². The molecule has 1 N–H and O–H groups in total. The van der Waals surface area contributed by atoms with Gasteiger partial charge in [0.25, 0.3) is 5.91 Å². The van der Waals surface area contributed by atoms with Crippen molar-refractivity contribution in [2.45, 2.75) is 47.1 Å². The highest BCUT2D eigenvalue weighted by Crippen LogP contribution is 2.30. The molecule has 0 aliphatic carbocycles. The number of hydrogen-bond donors (Lipinski definition) is 1. The Hall–Kier alpha value is -3.16. The minimum atomic E-state index is -1.04. The van der Waals surface area contributed by atoms with Gasteiger partial charge in [-0.15, -0.1) is 0 Å². The molecular weight excluding hydrogens is 372 g/mol. The molecule has 1 amide bonds. The lowest BCUT2D eigenvalue weighted by molar-refractivity contribution is -0.137. The maximum atomic E-state index is 13.3. The number of nitrogens with zero attached hydrogens (tertiary/aromatic N) is 4. The van der Waals surface area contributed by atoms with Gasteiger partial charge in [-0.25, -0.2) is 9.67 Å². The Balaban J connectivity index is 2.23. The summed E-state index contributed by atoms with van der Waals surface area (Å²) in [5.74, 6) is 0.0722. The van der Waals surface area contributed by atoms with Crippen molar-refractivity contribution in [2.24, 2.45) is 0 Å². The number of furan rings is 1. The van der Waals surface area contributed by atoms with E-state index in [-0.39, 0.29) is 18.5 Å². The number of aryl methyl sites for hydroxylation is 2. The number of rotatable bonds is 7. The second kappa shape index (κ2) is 8.06. The Kier molecular flexibility index (Phi) is 5.72. The van der Waals surface area contributed by atoms with E-state index in [4.69, 9.17) is 9.40 Å². The van der Waals surface area contributed by atoms with E-state index in [0.29, 0.717) is 41.0 Å². The van der Waals surface area contributed by atoms with Crippen molar-refractivity contribution >= 4 is 22.9 Å². The third kappa shape index (κ3) is 4.01. The highest BCUT2D eigenvalue weighted by Gasteiger charge is 2.24. The summed E-state index contributed by atoms with van der Waals surface area (Å²) in [6, 6.07) is 3.64. The zero-order valence-electron chi connectivity index (χ0n) is 17.4. The Bertz CT molecular complexity index is 1060. The number of carbonyl (C=O) groups excluding carboxylic acids is 1. The molecule has 0 aliphatic heterocycles. The van der Waals surface area contributed by atoms with Crippen LogP contribution in [-0.4, -0.2) is 49.7 Å². The molecule has 0 unspecified atom stereocenters. The number of aliphatic carboxylic acids is 1. The van der Waals surface area contributed by atoms with Crippen LogP contribution in [0.3, 0.4) is 0 Å². The van der Waals surface area contributed by atoms with Crippen LogP contribution in [0.1, 0.15) is 55.1 Å². The maximum Gasteiger partial charge on any atom is 0.323 e. The van der Waals surface area contributed by atoms with Crippen LogP contribution in [-0.2, 0) is 4.79 Å². The van der Waals surface area contributed by atoms with Crippen LogP contribution in [0.2, 0.25) is 0 Å². The molecule has 154 valence electrons. The SMILES string of the molecule is CCCN(CC(=O)O)C(=O)c1cc(-c2cc(C)oc2C)nc2c1cnn2C(C)C. The lowest BCUT2D eigenvalue weighted by Gasteiger charge is -2.20. The highest BCUT2D eigenvalue weighted by molar-refractivity contribution is 6.07. The number of pyridine rings is 1. The van der Waals surface area contributed by atoms with E-state index in [1.165, 1.54) is 4.90 Å². The average Bonchev–Trinajstić information content (AvgIpc) is 3.22. The van der Waals surface area contributed by atoms with E-state index < -0.39 is 5.97 Å². The fourth-order valence-corrected chi connectivity index (χ4v) is 3.45. The van der Waals surface area contributed by atoms with Gasteiger partial charge < -0.3 is 14.4 Å². The molecule has 0 atom stereocenters. The minimum Gasteiger partial charge on any atom is -0.480 e. The minimum absolute atomic E-state index is 0.0520. The molecule has 3 aromatic rings. The quantitative estimate of drug-likeness (QED) is 0.649. The third-order valence-electron chi connectivity index (χ3n) is 4.71. The highest BCUT2D eigenvalue weighted by atomic mass is 16.4. The van der Waals surface area contributed by atoms with Crippen LogP contribution >= 0.6 is 0 Å². The molecule has 3 rings (SSSR count). The van der Waals surface area contributed by atoms with Gasteiger partial charge >= 0.3 is 5.97 Å². The summed E-state index contributed by atoms with van der Waals surface area (Å²) >= 11 is 0. The average molecular weight is 398 g/mol. The monoisotopic (exact) mass is 398 g/mol. The number of hydrogen-bond acceptors (Lipinski definition) is 5. The van der Waals surface area contributed by atoms with Crippen LogP contribution in [0.25, 0.3) is 22.3 Å². The molecule has 0 fully saturated rings. The summed E-state index contributed by atoms with van der Waals surface area (Å²) in [5, 5.41) is 14.3. The number of carbonyl (C=O) groups is 2. The van der Waals surface area contributed by atoms with Gasteiger partial charge in [-0.05, 0) is 46.2 Å². The first kappa shape index (κ1) is 20.6. The molecule has 0 spiro atoms. The fourth-order valence-electron chi connectivity index (χ4n) is 3.45. The van der Waals surface area contributed by atoms with Gasteiger partial charge in [-0.2, -0.15) is 5.10 Å². The number of amides is 1. The normalized spacial score (nSPS) is 11.4. The topological polar surface area (TPSA) is 101 Å². The van der Waals surface area contributed by atoms with E-state index in [1.54, 1.807) is 16.9 Å². The molecule has 0 saturated heterocycles. The number of carboxylic acid groups (broad SMARTS) is 1. The summed E-state index contributed by atoms with van der Waals surface area (Å²) in [4.78, 5) is 30.7. The number of aromatic nitrogens is 3. The molecule has 3 heterocycles. The smallest absolute Gasteiger partial charge is 0.323 e. The van der Waals surface area contributed by atoms with Crippen LogP contribution < -0.4 is 0 Å². The molecule has 0 saturated carbocycles. The van der Waals surface area contributed by atoms with Crippen molar-refractivity contribution in [3.63, 3.8) is 0 Å². The molecule has 0 aliphatic rings. The Morgan fingerprint density at radius 3 is 2.55 bits per heavy atom. The van der Waals surface area contributed by atoms with E-state index in [9.17, 15) is 14.7 Å². The molecule has 8 heteroatoms. The first-order chi connectivity index (χ1) is 13.7. The van der Waals surface area contributed by atoms with Gasteiger partial charge in [0.2, 0.25) is 0 Å². The van der Waals surface area contributed by atoms with E-state index in [2.05, 4.69) is 5.10 Å². The zero-order chi connectivity index (χ0) is 21.3. The molecule has 0 radical (unpaired) electrons. The van der Waals surface area contributed by atoms with E-state index in [0.717, 1.165) is 11.3 Å². The third-order valence-corrected chi connectivity index (χ3v) is 4.71. The van der Waals surface area contributed by atoms with Gasteiger partial charge in [0.05, 0.1) is 22.8 Å². The second-order valence-corrected chi connectivity index (χ2v) is 7.42. The lowest BCUT2D eigenvalue weighted by Crippen LogP contribution is -2.36. The Morgan fingerprint density at radius 2 is 2.00 bits per heavy atom. The Morgan fingerprint density at radius 1 is 1.28 bits per heavy atom. The van der Waals surface area contributed by atoms with Gasteiger partial charge in [0.15, 0.2) is 5.65 Å². The van der Waals surface area contributed by atoms with Crippen molar-refractivity contribution in [3.05, 3.63) is 35.4 Å². The largest absolute Gasteiger partial charge is 0.480 e. The summed E-state index contributed by atoms with van der Waals surface area (Å²) in [6.07, 6.45) is 2.28. The maximum absolute atomic E-state index is 13.3. The predicted octanol–water partition coefficient (Wildman–Crippen LogP) is 3.83. The van der Waals surface area contributed by atoms with Gasteiger partial charge in [0, 0.05) is 18.2 Å². The van der Waals surface area contributed by atoms with Crippen molar-refractivity contribution in [3.8, 4) is 11.3 Å². The molecular formula is C21H26N4O4. The van der Waals surface area contributed by atoms with Crippen LogP contribution in [0.4, 0.5) is 0 Å². The Labute approximate surface area is 169 Å². The molecule has 3 aromatic heterocycles. The van der Waals surface area contributed by atoms with Crippen LogP contribution in [0.5, 0.6) is 0 Å². The molecule has 0 bridgehead atoms. The standard InChI is InChI=1S/C21H26N4O4/c1-6-7-24(11-19(26)27)21(28)16-9-18(15-8-13(4)29-14(15)5)23-20-17(16)10-22-25(20)12(2)3/h8-10,12H,6-7,11H2,1-5H3,(H,26,27). The number of fused-ring (bicyclic) bond motifs is 1. The van der Waals surface area contributed by atoms with Gasteiger partial charge in [-0.1, -0.05) is 6.92 Å². The first-order valence-electron chi connectivity index (χ1n) is 9.69. The molecule has 0 aromatic carbocycles. The summed E-state index contributed by atoms with van der Waals surface area (Å²) in [7, 11) is 0. The van der Waals surface area contributed by atoms with Gasteiger partial charge in [-0.3, -0.25) is 9.59 Å². The van der Waals surface area contributed by atoms with E-state index >= 15 is 0 Å². The zero-order valence-corrected chi connectivity index (χ0v) is 17.4. The van der Waals surface area contributed by atoms with Crippen molar-refractivity contribution < 1.29 is 19.1 Å². The van der Waals surface area contributed by atoms with E-state index in [1.807, 2.05) is 40.7 Å². The van der Waals surface area contributed by atoms with Crippen LogP contribution in [0.15, 0.2) is 22.7 Å². The molecule has 29 heavy (non-hydrogen) atoms. The summed E-state index contributed by atoms with van der Waals surface area (Å²) < 4.78 is 7.41. The van der Waals surface area contributed by atoms with Crippen LogP contribution in [0, 0.1) is 13.8 Å².